The minimum Gasteiger partial charge on any atom is -0.494 e. The molecule has 0 bridgehead atoms. The van der Waals surface area contributed by atoms with E-state index in [9.17, 15) is 15.2 Å². The zero-order chi connectivity index (χ0) is 23.5. The van der Waals surface area contributed by atoms with E-state index in [1.807, 2.05) is 60.8 Å². The zero-order valence-electron chi connectivity index (χ0n) is 18.1. The molecule has 8 nitrogen and oxygen atoms in total. The van der Waals surface area contributed by atoms with Crippen LogP contribution >= 0.6 is 0 Å². The van der Waals surface area contributed by atoms with Gasteiger partial charge in [-0.2, -0.15) is 0 Å². The maximum absolute atomic E-state index is 11.4. The van der Waals surface area contributed by atoms with E-state index in [0.717, 1.165) is 24.1 Å². The normalized spacial score (nSPS) is 11.7. The Morgan fingerprint density at radius 3 is 2.53 bits per heavy atom. The maximum atomic E-state index is 11.4. The Bertz CT molecular complexity index is 1470. The van der Waals surface area contributed by atoms with Gasteiger partial charge in [-0.25, -0.2) is 9.98 Å². The molecular formula is C26H21N5O3. The van der Waals surface area contributed by atoms with Gasteiger partial charge in [-0.3, -0.25) is 10.1 Å². The van der Waals surface area contributed by atoms with E-state index >= 15 is 0 Å². The van der Waals surface area contributed by atoms with Crippen LogP contribution in [0.3, 0.4) is 0 Å². The molecule has 2 aromatic heterocycles. The number of fused-ring (bicyclic) bond motifs is 1. The average molecular weight is 451 g/mol. The third-order valence-corrected chi connectivity index (χ3v) is 5.67. The van der Waals surface area contributed by atoms with E-state index in [1.54, 1.807) is 12.4 Å². The first-order valence-electron chi connectivity index (χ1n) is 10.8. The van der Waals surface area contributed by atoms with Crippen molar-refractivity contribution >= 4 is 28.0 Å². The Morgan fingerprint density at radius 1 is 1.03 bits per heavy atom. The summed E-state index contributed by atoms with van der Waals surface area (Å²) in [6, 6.07) is 21.8. The number of aryl methyl sites for hydroxylation is 2. The molecule has 0 fully saturated rings. The van der Waals surface area contributed by atoms with Crippen LogP contribution in [0.5, 0.6) is 5.88 Å². The number of nitro benzene ring substituents is 1. The second-order valence-corrected chi connectivity index (χ2v) is 7.91. The van der Waals surface area contributed by atoms with Crippen molar-refractivity contribution in [3.8, 4) is 5.88 Å². The summed E-state index contributed by atoms with van der Waals surface area (Å²) in [5.74, 6) is -0.0886. The zero-order valence-corrected chi connectivity index (χ0v) is 18.1. The first-order chi connectivity index (χ1) is 16.6. The van der Waals surface area contributed by atoms with E-state index in [4.69, 9.17) is 4.99 Å². The molecule has 34 heavy (non-hydrogen) atoms. The van der Waals surface area contributed by atoms with Gasteiger partial charge in [0.2, 0.25) is 0 Å². The largest absolute Gasteiger partial charge is 0.494 e. The van der Waals surface area contributed by atoms with Gasteiger partial charge in [-0.05, 0) is 36.6 Å². The Hall–Kier alpha value is -4.72. The third-order valence-electron chi connectivity index (χ3n) is 5.67. The molecule has 0 saturated heterocycles. The molecule has 3 N–H and O–H groups in total. The standard InChI is InChI=1S/C26H21N5O3/c32-26-24(22-14-21(31(33)34)12-13-23(22)30-26)25(18-4-2-1-3-5-18)29-19-9-6-17(7-10-19)8-11-20-15-27-16-28-20/h1-7,9-10,12-16,30,32H,8,11H2,(H,27,28). The van der Waals surface area contributed by atoms with Crippen LogP contribution in [0.2, 0.25) is 0 Å². The predicted octanol–water partition coefficient (Wildman–Crippen LogP) is 5.46. The highest BCUT2D eigenvalue weighted by Crippen LogP contribution is 2.33. The van der Waals surface area contributed by atoms with Crippen LogP contribution in [-0.2, 0) is 12.8 Å². The van der Waals surface area contributed by atoms with E-state index in [2.05, 4.69) is 15.0 Å². The molecular weight excluding hydrogens is 430 g/mol. The van der Waals surface area contributed by atoms with Crippen molar-refractivity contribution in [3.63, 3.8) is 0 Å². The molecule has 0 spiro atoms. The number of nitrogens with zero attached hydrogens (tertiary/aromatic N) is 3. The summed E-state index contributed by atoms with van der Waals surface area (Å²) in [4.78, 5) is 25.8. The quantitative estimate of drug-likeness (QED) is 0.173. The second kappa shape index (κ2) is 9.03. The SMILES string of the molecule is O=[N+]([O-])c1ccc2[nH]c(O)c(C(=Nc3ccc(CCc4cnc[nH]4)cc3)c3ccccc3)c2c1. The van der Waals surface area contributed by atoms with E-state index in [0.29, 0.717) is 27.9 Å². The number of aromatic nitrogens is 3. The van der Waals surface area contributed by atoms with Crippen molar-refractivity contribution in [3.05, 3.63) is 118 Å². The molecule has 0 unspecified atom stereocenters. The molecule has 0 radical (unpaired) electrons. The molecule has 3 aromatic carbocycles. The first kappa shape index (κ1) is 21.1. The van der Waals surface area contributed by atoms with Crippen LogP contribution in [-0.4, -0.2) is 30.7 Å². The molecule has 8 heteroatoms. The fourth-order valence-corrected chi connectivity index (χ4v) is 3.95. The minimum absolute atomic E-state index is 0.0539. The van der Waals surface area contributed by atoms with Crippen molar-refractivity contribution in [2.45, 2.75) is 12.8 Å². The predicted molar refractivity (Wildman–Crippen MR) is 131 cm³/mol. The molecule has 0 saturated carbocycles. The van der Waals surface area contributed by atoms with Gasteiger partial charge in [-0.1, -0.05) is 42.5 Å². The summed E-state index contributed by atoms with van der Waals surface area (Å²) < 4.78 is 0. The molecule has 5 aromatic rings. The highest BCUT2D eigenvalue weighted by atomic mass is 16.6. The minimum atomic E-state index is -0.450. The van der Waals surface area contributed by atoms with Crippen LogP contribution in [0.15, 0.2) is 90.3 Å². The smallest absolute Gasteiger partial charge is 0.270 e. The number of nitro groups is 1. The van der Waals surface area contributed by atoms with Gasteiger partial charge in [0.25, 0.3) is 5.69 Å². The van der Waals surface area contributed by atoms with Crippen LogP contribution in [0, 0.1) is 10.1 Å². The van der Waals surface area contributed by atoms with Crippen LogP contribution in [0.25, 0.3) is 10.9 Å². The van der Waals surface area contributed by atoms with Crippen LogP contribution < -0.4 is 0 Å². The number of hydrogen-bond acceptors (Lipinski definition) is 5. The number of imidazole rings is 1. The number of rotatable bonds is 7. The monoisotopic (exact) mass is 451 g/mol. The van der Waals surface area contributed by atoms with Gasteiger partial charge in [-0.15, -0.1) is 0 Å². The summed E-state index contributed by atoms with van der Waals surface area (Å²) in [5.41, 5.74) is 5.23. The highest BCUT2D eigenvalue weighted by Gasteiger charge is 2.20. The van der Waals surface area contributed by atoms with Gasteiger partial charge in [0.15, 0.2) is 5.88 Å². The summed E-state index contributed by atoms with van der Waals surface area (Å²) in [6.45, 7) is 0. The molecule has 2 heterocycles. The van der Waals surface area contributed by atoms with Crippen molar-refractivity contribution in [2.75, 3.05) is 0 Å². The second-order valence-electron chi connectivity index (χ2n) is 7.91. The molecule has 0 atom stereocenters. The number of H-pyrrole nitrogens is 2. The maximum Gasteiger partial charge on any atom is 0.270 e. The Balaban J connectivity index is 1.56. The molecule has 5 rings (SSSR count). The fraction of sp³-hybridized carbons (Fsp3) is 0.0769. The lowest BCUT2D eigenvalue weighted by atomic mass is 10.0. The number of aliphatic imine (C=N–C) groups is 1. The van der Waals surface area contributed by atoms with Crippen LogP contribution in [0.1, 0.15) is 22.4 Å². The van der Waals surface area contributed by atoms with E-state index < -0.39 is 4.92 Å². The third kappa shape index (κ3) is 4.29. The van der Waals surface area contributed by atoms with Crippen molar-refractivity contribution in [2.24, 2.45) is 4.99 Å². The number of aromatic hydroxyl groups is 1. The van der Waals surface area contributed by atoms with Crippen molar-refractivity contribution in [1.29, 1.82) is 0 Å². The lowest BCUT2D eigenvalue weighted by molar-refractivity contribution is -0.384. The molecule has 0 aliphatic heterocycles. The summed E-state index contributed by atoms with van der Waals surface area (Å²) in [5, 5.41) is 22.6. The summed E-state index contributed by atoms with van der Waals surface area (Å²) in [6.07, 6.45) is 5.22. The molecule has 0 aliphatic rings. The lowest BCUT2D eigenvalue weighted by Crippen LogP contribution is -2.03. The number of hydrogen-bond donors (Lipinski definition) is 3. The topological polar surface area (TPSA) is 120 Å². The number of non-ortho nitro benzene ring substituents is 1. The Kier molecular flexibility index (Phi) is 5.61. The van der Waals surface area contributed by atoms with Gasteiger partial charge < -0.3 is 15.1 Å². The fourth-order valence-electron chi connectivity index (χ4n) is 3.95. The lowest BCUT2D eigenvalue weighted by Gasteiger charge is -2.08. The van der Waals surface area contributed by atoms with Gasteiger partial charge >= 0.3 is 0 Å². The van der Waals surface area contributed by atoms with Crippen molar-refractivity contribution < 1.29 is 10.0 Å². The van der Waals surface area contributed by atoms with Gasteiger partial charge in [0, 0.05) is 40.5 Å². The Labute approximate surface area is 194 Å². The van der Waals surface area contributed by atoms with Crippen molar-refractivity contribution in [1.82, 2.24) is 15.0 Å². The average Bonchev–Trinajstić information content (AvgIpc) is 3.49. The van der Waals surface area contributed by atoms with Gasteiger partial charge in [0.1, 0.15) is 0 Å². The van der Waals surface area contributed by atoms with Crippen LogP contribution in [0.4, 0.5) is 11.4 Å². The van der Waals surface area contributed by atoms with E-state index in [1.165, 1.54) is 17.7 Å². The van der Waals surface area contributed by atoms with Gasteiger partial charge in [0.05, 0.1) is 28.2 Å². The summed E-state index contributed by atoms with van der Waals surface area (Å²) in [7, 11) is 0. The molecule has 0 amide bonds. The van der Waals surface area contributed by atoms with E-state index in [-0.39, 0.29) is 11.6 Å². The Morgan fingerprint density at radius 2 is 1.82 bits per heavy atom. The number of benzene rings is 3. The molecule has 0 aliphatic carbocycles. The molecule has 168 valence electrons. The summed E-state index contributed by atoms with van der Waals surface area (Å²) >= 11 is 0. The first-order valence-corrected chi connectivity index (χ1v) is 10.8. The highest BCUT2D eigenvalue weighted by molar-refractivity contribution is 6.22. The number of nitrogens with one attached hydrogen (secondary N) is 2. The number of aromatic amines is 2.